The van der Waals surface area contributed by atoms with Gasteiger partial charge in [0.05, 0.1) is 14.2 Å². The van der Waals surface area contributed by atoms with Gasteiger partial charge in [-0.2, -0.15) is 4.98 Å². The summed E-state index contributed by atoms with van der Waals surface area (Å²) in [6.07, 6.45) is 2.16. The quantitative estimate of drug-likeness (QED) is 0.322. The highest BCUT2D eigenvalue weighted by molar-refractivity contribution is 5.81. The van der Waals surface area contributed by atoms with Gasteiger partial charge in [-0.05, 0) is 47.9 Å². The lowest BCUT2D eigenvalue weighted by Crippen LogP contribution is -2.04. The minimum absolute atomic E-state index is 0.149. The van der Waals surface area contributed by atoms with E-state index in [9.17, 15) is 0 Å². The molecule has 0 bridgehead atoms. The molecule has 0 spiro atoms. The standard InChI is InChI=1S/C28H29N5O2/c1-17-8-10-20(11-9-17)18(2)32-23-7-5-6-21(15-23)24-13-19(14-25(34-3)26(24)35-4)12-22-16-31-28(30)33-27(22)29/h5-11,13-16,32H,2,12H2,1,3-4H3,(H4,29,30,31,33). The Morgan fingerprint density at radius 3 is 2.46 bits per heavy atom. The second-order valence-electron chi connectivity index (χ2n) is 8.24. The molecule has 0 amide bonds. The van der Waals surface area contributed by atoms with Crippen molar-refractivity contribution in [2.24, 2.45) is 0 Å². The Labute approximate surface area is 205 Å². The van der Waals surface area contributed by atoms with Gasteiger partial charge >= 0.3 is 0 Å². The summed E-state index contributed by atoms with van der Waals surface area (Å²) in [6.45, 7) is 6.26. The summed E-state index contributed by atoms with van der Waals surface area (Å²) in [5, 5.41) is 3.41. The van der Waals surface area contributed by atoms with E-state index in [-0.39, 0.29) is 5.95 Å². The maximum Gasteiger partial charge on any atom is 0.221 e. The van der Waals surface area contributed by atoms with E-state index in [1.165, 1.54) is 5.56 Å². The molecule has 4 aromatic rings. The molecule has 7 heteroatoms. The number of benzene rings is 3. The van der Waals surface area contributed by atoms with E-state index in [0.29, 0.717) is 23.7 Å². The zero-order valence-electron chi connectivity index (χ0n) is 20.1. The number of aromatic nitrogens is 2. The highest BCUT2D eigenvalue weighted by atomic mass is 16.5. The van der Waals surface area contributed by atoms with Gasteiger partial charge in [0, 0.05) is 35.1 Å². The van der Waals surface area contributed by atoms with Crippen LogP contribution in [0, 0.1) is 6.92 Å². The second-order valence-corrected chi connectivity index (χ2v) is 8.24. The van der Waals surface area contributed by atoms with Gasteiger partial charge < -0.3 is 26.3 Å². The zero-order valence-corrected chi connectivity index (χ0v) is 20.1. The zero-order chi connectivity index (χ0) is 24.9. The Kier molecular flexibility index (Phi) is 6.87. The number of methoxy groups -OCH3 is 2. The lowest BCUT2D eigenvalue weighted by atomic mass is 9.97. The van der Waals surface area contributed by atoms with Crippen molar-refractivity contribution in [2.45, 2.75) is 13.3 Å². The van der Waals surface area contributed by atoms with E-state index < -0.39 is 0 Å². The van der Waals surface area contributed by atoms with Crippen LogP contribution >= 0.6 is 0 Å². The summed E-state index contributed by atoms with van der Waals surface area (Å²) in [5.41, 5.74) is 19.3. The van der Waals surface area contributed by atoms with Crippen LogP contribution < -0.4 is 26.3 Å². The summed E-state index contributed by atoms with van der Waals surface area (Å²) in [4.78, 5) is 8.14. The number of nitrogens with two attached hydrogens (primary N) is 2. The fourth-order valence-electron chi connectivity index (χ4n) is 3.89. The van der Waals surface area contributed by atoms with Gasteiger partial charge in [0.15, 0.2) is 11.5 Å². The van der Waals surface area contributed by atoms with E-state index in [2.05, 4.69) is 65.2 Å². The second kappa shape index (κ2) is 10.2. The Morgan fingerprint density at radius 2 is 1.77 bits per heavy atom. The summed E-state index contributed by atoms with van der Waals surface area (Å²) in [5.74, 6) is 1.77. The fourth-order valence-corrected chi connectivity index (χ4v) is 3.89. The van der Waals surface area contributed by atoms with E-state index >= 15 is 0 Å². The first kappa shape index (κ1) is 23.6. The summed E-state index contributed by atoms with van der Waals surface area (Å²) in [6, 6.07) is 20.3. The molecule has 0 aliphatic carbocycles. The van der Waals surface area contributed by atoms with Gasteiger partial charge in [-0.25, -0.2) is 4.98 Å². The SMILES string of the molecule is C=C(Nc1cccc(-c2cc(Cc3cnc(N)nc3N)cc(OC)c2OC)c1)c1ccc(C)cc1. The average molecular weight is 468 g/mol. The molecule has 0 radical (unpaired) electrons. The van der Waals surface area contributed by atoms with Gasteiger partial charge in [0.25, 0.3) is 0 Å². The molecule has 35 heavy (non-hydrogen) atoms. The third kappa shape index (κ3) is 5.35. The van der Waals surface area contributed by atoms with Crippen LogP contribution in [0.4, 0.5) is 17.5 Å². The van der Waals surface area contributed by atoms with Gasteiger partial charge in [-0.1, -0.05) is 48.5 Å². The van der Waals surface area contributed by atoms with Gasteiger partial charge in [-0.15, -0.1) is 0 Å². The molecule has 4 rings (SSSR count). The minimum Gasteiger partial charge on any atom is -0.493 e. The van der Waals surface area contributed by atoms with Crippen molar-refractivity contribution in [2.75, 3.05) is 31.0 Å². The Morgan fingerprint density at radius 1 is 1.00 bits per heavy atom. The number of aryl methyl sites for hydroxylation is 1. The number of anilines is 3. The molecule has 3 aromatic carbocycles. The molecular weight excluding hydrogens is 438 g/mol. The summed E-state index contributed by atoms with van der Waals surface area (Å²) in [7, 11) is 3.25. The van der Waals surface area contributed by atoms with Crippen LogP contribution in [0.15, 0.2) is 73.4 Å². The van der Waals surface area contributed by atoms with Crippen molar-refractivity contribution < 1.29 is 9.47 Å². The van der Waals surface area contributed by atoms with Gasteiger partial charge in [-0.3, -0.25) is 0 Å². The molecule has 178 valence electrons. The largest absolute Gasteiger partial charge is 0.493 e. The van der Waals surface area contributed by atoms with E-state index in [1.807, 2.05) is 24.3 Å². The molecule has 0 fully saturated rings. The van der Waals surface area contributed by atoms with Crippen molar-refractivity contribution in [1.29, 1.82) is 0 Å². The first-order valence-electron chi connectivity index (χ1n) is 11.1. The van der Waals surface area contributed by atoms with Crippen molar-refractivity contribution in [3.05, 3.63) is 95.7 Å². The lowest BCUT2D eigenvalue weighted by molar-refractivity contribution is 0.356. The van der Waals surface area contributed by atoms with Crippen LogP contribution in [-0.2, 0) is 6.42 Å². The van der Waals surface area contributed by atoms with Crippen molar-refractivity contribution in [1.82, 2.24) is 9.97 Å². The van der Waals surface area contributed by atoms with E-state index in [1.54, 1.807) is 20.4 Å². The number of hydrogen-bond acceptors (Lipinski definition) is 7. The van der Waals surface area contributed by atoms with Crippen molar-refractivity contribution in [3.63, 3.8) is 0 Å². The monoisotopic (exact) mass is 467 g/mol. The van der Waals surface area contributed by atoms with Gasteiger partial charge in [0.1, 0.15) is 5.82 Å². The van der Waals surface area contributed by atoms with Crippen LogP contribution in [0.5, 0.6) is 11.5 Å². The highest BCUT2D eigenvalue weighted by Crippen LogP contribution is 2.40. The minimum atomic E-state index is 0.149. The van der Waals surface area contributed by atoms with Crippen molar-refractivity contribution >= 4 is 23.2 Å². The molecule has 0 unspecified atom stereocenters. The van der Waals surface area contributed by atoms with Crippen LogP contribution in [0.1, 0.15) is 22.3 Å². The predicted molar refractivity (Wildman–Crippen MR) is 142 cm³/mol. The first-order chi connectivity index (χ1) is 16.9. The normalized spacial score (nSPS) is 10.6. The first-order valence-corrected chi connectivity index (χ1v) is 11.1. The number of nitrogens with zero attached hydrogens (tertiary/aromatic N) is 2. The number of rotatable bonds is 8. The Balaban J connectivity index is 1.69. The van der Waals surface area contributed by atoms with Crippen molar-refractivity contribution in [3.8, 4) is 22.6 Å². The smallest absolute Gasteiger partial charge is 0.221 e. The molecular formula is C28H29N5O2. The summed E-state index contributed by atoms with van der Waals surface area (Å²) < 4.78 is 11.4. The number of ether oxygens (including phenoxy) is 2. The van der Waals surface area contributed by atoms with Gasteiger partial charge in [0.2, 0.25) is 5.95 Å². The Bertz CT molecular complexity index is 1370. The van der Waals surface area contributed by atoms with Crippen LogP contribution in [-0.4, -0.2) is 24.2 Å². The number of hydrogen-bond donors (Lipinski definition) is 3. The maximum absolute atomic E-state index is 6.06. The highest BCUT2D eigenvalue weighted by Gasteiger charge is 2.16. The van der Waals surface area contributed by atoms with Crippen LogP contribution in [0.3, 0.4) is 0 Å². The molecule has 0 saturated carbocycles. The third-order valence-electron chi connectivity index (χ3n) is 5.72. The average Bonchev–Trinajstić information content (AvgIpc) is 2.85. The number of nitrogen functional groups attached to an aromatic ring is 2. The van der Waals surface area contributed by atoms with Crippen LogP contribution in [0.2, 0.25) is 0 Å². The third-order valence-corrected chi connectivity index (χ3v) is 5.72. The predicted octanol–water partition coefficient (Wildman–Crippen LogP) is 5.31. The molecule has 0 saturated heterocycles. The molecule has 7 nitrogen and oxygen atoms in total. The van der Waals surface area contributed by atoms with Crippen LogP contribution in [0.25, 0.3) is 16.8 Å². The molecule has 0 aliphatic rings. The molecule has 1 heterocycles. The molecule has 0 atom stereocenters. The number of nitrogens with one attached hydrogen (secondary N) is 1. The molecule has 0 aliphatic heterocycles. The molecule has 1 aromatic heterocycles. The molecule has 5 N–H and O–H groups in total. The maximum atomic E-state index is 6.06. The topological polar surface area (TPSA) is 108 Å². The van der Waals surface area contributed by atoms with E-state index in [0.717, 1.165) is 39.2 Å². The fraction of sp³-hybridized carbons (Fsp3) is 0.143. The van der Waals surface area contributed by atoms with E-state index in [4.69, 9.17) is 20.9 Å². The Hall–Kier alpha value is -4.52. The summed E-state index contributed by atoms with van der Waals surface area (Å²) >= 11 is 0. The lowest BCUT2D eigenvalue weighted by Gasteiger charge is -2.17.